The number of hydrogen-bond donors (Lipinski definition) is 2. The van der Waals surface area contributed by atoms with E-state index < -0.39 is 0 Å². The van der Waals surface area contributed by atoms with Crippen LogP contribution in [0.4, 0.5) is 0 Å². The van der Waals surface area contributed by atoms with Crippen molar-refractivity contribution in [3.05, 3.63) is 65.1 Å². The maximum atomic E-state index is 13.2. The van der Waals surface area contributed by atoms with Gasteiger partial charge in [-0.1, -0.05) is 32.0 Å². The fourth-order valence-electron chi connectivity index (χ4n) is 4.35. The predicted molar refractivity (Wildman–Crippen MR) is 110 cm³/mol. The van der Waals surface area contributed by atoms with E-state index in [4.69, 9.17) is 5.84 Å². The van der Waals surface area contributed by atoms with Crippen LogP contribution in [-0.2, 0) is 13.0 Å². The molecule has 3 N–H and O–H groups in total. The molecule has 5 nitrogen and oxygen atoms in total. The minimum Gasteiger partial charge on any atom is -0.392 e. The second-order valence-corrected chi connectivity index (χ2v) is 8.35. The van der Waals surface area contributed by atoms with Gasteiger partial charge in [0.25, 0.3) is 0 Å². The Hall–Kier alpha value is -2.92. The molecule has 0 atom stereocenters. The highest BCUT2D eigenvalue weighted by molar-refractivity contribution is 6.09. The van der Waals surface area contributed by atoms with Crippen LogP contribution < -0.4 is 5.84 Å². The Morgan fingerprint density at radius 2 is 1.86 bits per heavy atom. The summed E-state index contributed by atoms with van der Waals surface area (Å²) in [4.78, 5) is 17.3. The zero-order valence-corrected chi connectivity index (χ0v) is 16.5. The molecule has 28 heavy (non-hydrogen) atoms. The normalized spacial score (nSPS) is 15.5. The summed E-state index contributed by atoms with van der Waals surface area (Å²) in [6, 6.07) is 9.69. The Balaban J connectivity index is 2.12. The van der Waals surface area contributed by atoms with Crippen LogP contribution in [0, 0.1) is 12.3 Å². The van der Waals surface area contributed by atoms with Crippen molar-refractivity contribution in [1.82, 2.24) is 9.66 Å². The van der Waals surface area contributed by atoms with Crippen molar-refractivity contribution >= 4 is 5.78 Å². The third-order valence-corrected chi connectivity index (χ3v) is 5.66. The molecule has 3 aromatic rings. The first-order chi connectivity index (χ1) is 13.3. The van der Waals surface area contributed by atoms with Gasteiger partial charge in [0, 0.05) is 35.5 Å². The van der Waals surface area contributed by atoms with E-state index in [1.54, 1.807) is 17.1 Å². The number of carbonyl (C=O) groups excluding carboxylic acids is 1. The van der Waals surface area contributed by atoms with Gasteiger partial charge in [0.05, 0.1) is 18.0 Å². The predicted octanol–water partition coefficient (Wildman–Crippen LogP) is 3.89. The van der Waals surface area contributed by atoms with Crippen LogP contribution in [0.1, 0.15) is 47.4 Å². The molecule has 0 radical (unpaired) electrons. The van der Waals surface area contributed by atoms with Crippen LogP contribution in [0.15, 0.2) is 42.7 Å². The number of fused-ring (bicyclic) bond motifs is 1. The summed E-state index contributed by atoms with van der Waals surface area (Å²) >= 11 is 0. The molecule has 1 aliphatic carbocycles. The molecule has 0 fully saturated rings. The van der Waals surface area contributed by atoms with Crippen molar-refractivity contribution in [2.75, 3.05) is 5.84 Å². The number of pyridine rings is 1. The monoisotopic (exact) mass is 375 g/mol. The zero-order valence-electron chi connectivity index (χ0n) is 16.5. The lowest BCUT2D eigenvalue weighted by Gasteiger charge is -2.29. The van der Waals surface area contributed by atoms with E-state index in [-0.39, 0.29) is 17.8 Å². The topological polar surface area (TPSA) is 81.1 Å². The molecule has 144 valence electrons. The fraction of sp³-hybridized carbons (Fsp3) is 0.304. The number of aryl methyl sites for hydroxylation is 1. The molecule has 2 aromatic heterocycles. The van der Waals surface area contributed by atoms with Gasteiger partial charge >= 0.3 is 0 Å². The van der Waals surface area contributed by atoms with Crippen molar-refractivity contribution in [2.24, 2.45) is 5.41 Å². The smallest absolute Gasteiger partial charge is 0.165 e. The Morgan fingerprint density at radius 3 is 2.54 bits per heavy atom. The number of benzene rings is 1. The number of nitrogen functional groups attached to an aromatic ring is 1. The number of carbonyl (C=O) groups is 1. The largest absolute Gasteiger partial charge is 0.392 e. The average Bonchev–Trinajstić information content (AvgIpc) is 2.94. The molecule has 4 rings (SSSR count). The van der Waals surface area contributed by atoms with Gasteiger partial charge in [-0.3, -0.25) is 14.5 Å². The van der Waals surface area contributed by atoms with Crippen LogP contribution >= 0.6 is 0 Å². The van der Waals surface area contributed by atoms with Gasteiger partial charge in [-0.2, -0.15) is 0 Å². The van der Waals surface area contributed by atoms with Crippen molar-refractivity contribution in [3.8, 4) is 22.4 Å². The van der Waals surface area contributed by atoms with E-state index in [0.29, 0.717) is 12.0 Å². The lowest BCUT2D eigenvalue weighted by Crippen LogP contribution is -2.29. The molecule has 0 aliphatic heterocycles. The molecular formula is C23H25N3O2. The SMILES string of the molecule is Cc1cccc(-c2c3c(n(N)c2-c2ccncc2)CC(C)(C)CC3=O)c1CO. The average molecular weight is 375 g/mol. The summed E-state index contributed by atoms with van der Waals surface area (Å²) in [5.74, 6) is 6.69. The summed E-state index contributed by atoms with van der Waals surface area (Å²) < 4.78 is 1.67. The molecule has 1 aromatic carbocycles. The first kappa shape index (κ1) is 18.4. The highest BCUT2D eigenvalue weighted by atomic mass is 16.3. The van der Waals surface area contributed by atoms with Crippen LogP contribution in [-0.4, -0.2) is 20.5 Å². The van der Waals surface area contributed by atoms with E-state index in [2.05, 4.69) is 18.8 Å². The lowest BCUT2D eigenvalue weighted by atomic mass is 9.74. The number of aliphatic hydroxyl groups is 1. The van der Waals surface area contributed by atoms with E-state index in [1.165, 1.54) is 0 Å². The quantitative estimate of drug-likeness (QED) is 0.681. The molecule has 0 unspecified atom stereocenters. The maximum absolute atomic E-state index is 13.2. The Kier molecular flexibility index (Phi) is 4.35. The van der Waals surface area contributed by atoms with Gasteiger partial charge in [-0.15, -0.1) is 0 Å². The van der Waals surface area contributed by atoms with Gasteiger partial charge in [0.15, 0.2) is 5.78 Å². The van der Waals surface area contributed by atoms with Crippen LogP contribution in [0.25, 0.3) is 22.4 Å². The molecule has 2 heterocycles. The third-order valence-electron chi connectivity index (χ3n) is 5.66. The Bertz CT molecular complexity index is 1070. The van der Waals surface area contributed by atoms with E-state index in [0.717, 1.165) is 45.6 Å². The minimum absolute atomic E-state index is 0.0952. The Labute approximate surface area is 164 Å². The standard InChI is InChI=1S/C23H25N3O2/c1-14-5-4-6-16(17(14)13-27)20-21-18(11-23(2,3)12-19(21)28)26(24)22(20)15-7-9-25-10-8-15/h4-10,27H,11-13,24H2,1-3H3. The number of rotatable bonds is 3. The summed E-state index contributed by atoms with van der Waals surface area (Å²) in [6.45, 7) is 6.07. The van der Waals surface area contributed by atoms with Gasteiger partial charge in [0.2, 0.25) is 0 Å². The summed E-state index contributed by atoms with van der Waals surface area (Å²) in [6.07, 6.45) is 4.65. The van der Waals surface area contributed by atoms with Gasteiger partial charge < -0.3 is 10.9 Å². The van der Waals surface area contributed by atoms with Crippen molar-refractivity contribution in [3.63, 3.8) is 0 Å². The Morgan fingerprint density at radius 1 is 1.14 bits per heavy atom. The van der Waals surface area contributed by atoms with Gasteiger partial charge in [-0.05, 0) is 47.6 Å². The van der Waals surface area contributed by atoms with Crippen LogP contribution in [0.5, 0.6) is 0 Å². The molecule has 0 amide bonds. The maximum Gasteiger partial charge on any atom is 0.165 e. The van der Waals surface area contributed by atoms with Gasteiger partial charge in [0.1, 0.15) is 0 Å². The first-order valence-corrected chi connectivity index (χ1v) is 9.50. The van der Waals surface area contributed by atoms with E-state index in [9.17, 15) is 9.90 Å². The molecular weight excluding hydrogens is 350 g/mol. The van der Waals surface area contributed by atoms with Gasteiger partial charge in [-0.25, -0.2) is 0 Å². The number of hydrogen-bond acceptors (Lipinski definition) is 4. The minimum atomic E-state index is -0.140. The second-order valence-electron chi connectivity index (χ2n) is 8.35. The molecule has 0 saturated carbocycles. The third kappa shape index (κ3) is 2.83. The van der Waals surface area contributed by atoms with Crippen LogP contribution in [0.2, 0.25) is 0 Å². The van der Waals surface area contributed by atoms with Crippen molar-refractivity contribution < 1.29 is 9.90 Å². The van der Waals surface area contributed by atoms with Crippen LogP contribution in [0.3, 0.4) is 0 Å². The summed E-state index contributed by atoms with van der Waals surface area (Å²) in [7, 11) is 0. The number of Topliss-reactive ketones (excluding diaryl/α,β-unsaturated/α-hetero) is 1. The van der Waals surface area contributed by atoms with Crippen molar-refractivity contribution in [1.29, 1.82) is 0 Å². The number of aromatic nitrogens is 2. The molecule has 0 saturated heterocycles. The lowest BCUT2D eigenvalue weighted by molar-refractivity contribution is 0.0911. The second kappa shape index (κ2) is 6.60. The summed E-state index contributed by atoms with van der Waals surface area (Å²) in [5, 5.41) is 10.0. The molecule has 1 aliphatic rings. The van der Waals surface area contributed by atoms with E-state index in [1.807, 2.05) is 37.3 Å². The number of nitrogens with zero attached hydrogens (tertiary/aromatic N) is 2. The highest BCUT2D eigenvalue weighted by Gasteiger charge is 2.38. The van der Waals surface area contributed by atoms with E-state index >= 15 is 0 Å². The number of nitrogens with two attached hydrogens (primary N) is 1. The zero-order chi connectivity index (χ0) is 20.1. The first-order valence-electron chi connectivity index (χ1n) is 9.50. The molecule has 0 spiro atoms. The number of aliphatic hydroxyl groups excluding tert-OH is 1. The molecule has 5 heteroatoms. The fourth-order valence-corrected chi connectivity index (χ4v) is 4.35. The summed E-state index contributed by atoms with van der Waals surface area (Å²) in [5.41, 5.74) is 6.59. The number of ketones is 1. The molecule has 0 bridgehead atoms. The van der Waals surface area contributed by atoms with Crippen molar-refractivity contribution in [2.45, 2.75) is 40.2 Å². The highest BCUT2D eigenvalue weighted by Crippen LogP contribution is 2.46.